The second kappa shape index (κ2) is 50.2. The Morgan fingerprint density at radius 2 is 0.308 bits per heavy atom. The molecule has 6 N–H and O–H groups in total. The zero-order valence-corrected chi connectivity index (χ0v) is 52.2. The van der Waals surface area contributed by atoms with Crippen LogP contribution in [0.1, 0.15) is 0 Å². The fraction of sp³-hybridized carbons (Fsp3) is 0.167. The molecule has 0 aliphatic heterocycles. The van der Waals surface area contributed by atoms with Crippen LogP contribution in [0.25, 0.3) is 0 Å². The molecule has 0 aromatic carbocycles. The summed E-state index contributed by atoms with van der Waals surface area (Å²) >= 11 is -35.2. The zero-order valence-electron chi connectivity index (χ0n) is 41.0. The SMILES string of the molecule is CO[n+]1ccccc1.CO[n+]1ccccc1.CO[n+]1ccccc1.CO[n+]1ccccc1.CO[n+]1ccccc1.CO[n+]1ccccc1.O=[As]([O-])(O)F.O=[As]([O-])(O)F.O=[As]([O-])(O)F.O=[As]([O-])(O)F.O=[As]([O-])(O)F.O=[As]([O-])(O)F. The number of nitrogens with zero attached hydrogens (tertiary/aromatic N) is 6. The summed E-state index contributed by atoms with van der Waals surface area (Å²) in [5.74, 6) is 0. The normalized spacial score (nSPS) is 13.5. The van der Waals surface area contributed by atoms with E-state index in [9.17, 15) is 20.8 Å². The molecule has 0 saturated carbocycles. The van der Waals surface area contributed by atoms with E-state index >= 15 is 0 Å². The average molecular weight is 1520 g/mol. The molecule has 6 atom stereocenters. The van der Waals surface area contributed by atoms with Crippen LogP contribution in [0.5, 0.6) is 0 Å². The number of aromatic nitrogens is 6. The van der Waals surface area contributed by atoms with Gasteiger partial charge < -0.3 is 0 Å². The second-order valence-electron chi connectivity index (χ2n) is 11.2. The molecule has 30 nitrogen and oxygen atoms in total. The Labute approximate surface area is 460 Å². The quantitative estimate of drug-likeness (QED) is 0.0512. The van der Waals surface area contributed by atoms with Crippen LogP contribution in [0, 0.1) is 0 Å². The van der Waals surface area contributed by atoms with Crippen molar-refractivity contribution in [1.82, 2.24) is 0 Å². The van der Waals surface area contributed by atoms with Crippen LogP contribution in [0.4, 0.5) is 20.8 Å². The first-order valence-corrected chi connectivity index (χ1v) is 37.5. The molecular weight excluding hydrogens is 1460 g/mol. The molecule has 0 bridgehead atoms. The average Bonchev–Trinajstić information content (AvgIpc) is 3.33. The van der Waals surface area contributed by atoms with Crippen molar-refractivity contribution >= 4 is 87.9 Å². The molecule has 0 amide bonds. The minimum atomic E-state index is -5.88. The third-order valence-electron chi connectivity index (χ3n) is 5.39. The molecule has 6 heterocycles. The van der Waals surface area contributed by atoms with E-state index in [2.05, 4.69) is 0 Å². The summed E-state index contributed by atoms with van der Waals surface area (Å²) in [7, 11) is 9.75. The molecule has 6 unspecified atom stereocenters. The van der Waals surface area contributed by atoms with Crippen LogP contribution in [0.15, 0.2) is 184 Å². The van der Waals surface area contributed by atoms with Gasteiger partial charge in [0.05, 0.1) is 0 Å². The first kappa shape index (κ1) is 84.3. The maximum atomic E-state index is 10.3. The Bertz CT molecular complexity index is 2060. The van der Waals surface area contributed by atoms with E-state index in [0.717, 1.165) is 0 Å². The molecule has 0 aliphatic carbocycles. The molecule has 78 heavy (non-hydrogen) atoms. The van der Waals surface area contributed by atoms with E-state index < -0.39 is 87.9 Å². The zero-order chi connectivity index (χ0) is 61.9. The molecular formula is C36H54As6F6N6O24. The molecule has 0 radical (unpaired) electrons. The molecule has 42 heteroatoms. The molecule has 0 saturated heterocycles. The summed E-state index contributed by atoms with van der Waals surface area (Å²) in [5.41, 5.74) is 0. The Balaban J connectivity index is -0.000000183. The van der Waals surface area contributed by atoms with Gasteiger partial charge in [0, 0.05) is 101 Å². The number of hydrogen-bond acceptors (Lipinski definition) is 18. The van der Waals surface area contributed by atoms with Crippen LogP contribution in [-0.4, -0.2) is 155 Å². The predicted octanol–water partition coefficient (Wildman–Crippen LogP) is -10.8. The van der Waals surface area contributed by atoms with E-state index in [1.54, 1.807) is 71.0 Å². The van der Waals surface area contributed by atoms with Crippen molar-refractivity contribution < 1.29 is 150 Å². The van der Waals surface area contributed by atoms with Gasteiger partial charge in [-0.2, -0.15) is 0 Å². The summed E-state index contributed by atoms with van der Waals surface area (Å²) in [6.45, 7) is 0. The van der Waals surface area contributed by atoms with Gasteiger partial charge in [0.25, 0.3) is 0 Å². The van der Waals surface area contributed by atoms with Crippen molar-refractivity contribution in [3.63, 3.8) is 0 Å². The number of pyridine rings is 6. The van der Waals surface area contributed by atoms with Crippen LogP contribution in [0.2, 0.25) is 0 Å². The third kappa shape index (κ3) is 115. The van der Waals surface area contributed by atoms with Gasteiger partial charge in [0.2, 0.25) is 74.4 Å². The Hall–Kier alpha value is -5.05. The van der Waals surface area contributed by atoms with Gasteiger partial charge in [0.15, 0.2) is 0 Å². The summed E-state index contributed by atoms with van der Waals surface area (Å²) in [6, 6.07) is 34.5. The van der Waals surface area contributed by atoms with E-state index in [0.29, 0.717) is 0 Å². The minimum absolute atomic E-state index is 1.62. The van der Waals surface area contributed by atoms with Crippen molar-refractivity contribution in [3.05, 3.63) is 184 Å². The van der Waals surface area contributed by atoms with Crippen molar-refractivity contribution in [2.45, 2.75) is 0 Å². The topological polar surface area (TPSA) is 441 Å². The Kier molecular flexibility index (Phi) is 54.2. The molecule has 6 rings (SSSR count). The summed E-state index contributed by atoms with van der Waals surface area (Å²) in [6.07, 6.45) is 22.0. The Morgan fingerprint density at radius 3 is 0.346 bits per heavy atom. The molecule has 6 aromatic heterocycles. The van der Waals surface area contributed by atoms with Crippen LogP contribution in [-0.2, 0) is 22.4 Å². The van der Waals surface area contributed by atoms with Crippen LogP contribution in [0.3, 0.4) is 0 Å². The summed E-state index contributed by atoms with van der Waals surface area (Å²) in [4.78, 5) is 29.0. The first-order valence-electron chi connectivity index (χ1n) is 19.0. The summed E-state index contributed by atoms with van der Waals surface area (Å²) < 4.78 is 216. The van der Waals surface area contributed by atoms with Crippen LogP contribution >= 0.6 is 0 Å². The molecule has 0 spiro atoms. The van der Waals surface area contributed by atoms with E-state index in [4.69, 9.17) is 101 Å². The van der Waals surface area contributed by atoms with Gasteiger partial charge in [-0.15, -0.1) is 0 Å². The van der Waals surface area contributed by atoms with Gasteiger partial charge in [-0.05, 0) is 0 Å². The van der Waals surface area contributed by atoms with E-state index in [-0.39, 0.29) is 0 Å². The second-order valence-corrected chi connectivity index (χ2v) is 22.6. The fourth-order valence-corrected chi connectivity index (χ4v) is 3.03. The predicted molar refractivity (Wildman–Crippen MR) is 233 cm³/mol. The van der Waals surface area contributed by atoms with E-state index in [1.807, 2.05) is 184 Å². The van der Waals surface area contributed by atoms with E-state index in [1.165, 1.54) is 0 Å². The number of hydrogen-bond donors (Lipinski definition) is 6. The molecule has 0 fully saturated rings. The monoisotopic (exact) mass is 1520 g/mol. The number of rotatable bonds is 6. The van der Waals surface area contributed by atoms with Gasteiger partial charge in [0.1, 0.15) is 42.7 Å². The van der Waals surface area contributed by atoms with Crippen molar-refractivity contribution in [1.29, 1.82) is 0 Å². The molecule has 0 aliphatic rings. The van der Waals surface area contributed by atoms with Gasteiger partial charge >= 0.3 is 180 Å². The van der Waals surface area contributed by atoms with Gasteiger partial charge in [-0.1, -0.05) is 36.4 Å². The van der Waals surface area contributed by atoms with Crippen molar-refractivity contribution in [2.24, 2.45) is 0 Å². The van der Waals surface area contributed by atoms with Gasteiger partial charge in [-0.3, -0.25) is 29.0 Å². The van der Waals surface area contributed by atoms with Gasteiger partial charge in [-0.25, -0.2) is 0 Å². The van der Waals surface area contributed by atoms with Crippen molar-refractivity contribution in [3.8, 4) is 0 Å². The number of halogens is 6. The molecule has 444 valence electrons. The third-order valence-corrected chi connectivity index (χ3v) is 5.39. The van der Waals surface area contributed by atoms with Crippen LogP contribution < -0.4 is 82.0 Å². The van der Waals surface area contributed by atoms with Crippen molar-refractivity contribution in [2.75, 3.05) is 42.7 Å². The Morgan fingerprint density at radius 1 is 0.244 bits per heavy atom. The molecule has 6 aromatic rings. The summed E-state index contributed by atoms with van der Waals surface area (Å²) in [5, 5.41) is 0. The first-order chi connectivity index (χ1) is 35.6. The standard InChI is InChI=1S/6C6H8NO.6AsFH2O3/c6*1-8-7-5-3-2-4-6-7;6*2-1(3,4)5/h6*2-6H,1H3;6*(H2,3,4,5)/q6*+1;;;;;;/p-6. The fourth-order valence-electron chi connectivity index (χ4n) is 3.03. The maximum absolute atomic E-state index is 10.3.